The van der Waals surface area contributed by atoms with Gasteiger partial charge in [0.05, 0.1) is 22.2 Å². The van der Waals surface area contributed by atoms with E-state index in [1.54, 1.807) is 48.5 Å². The number of imidazole rings is 1. The van der Waals surface area contributed by atoms with E-state index in [0.717, 1.165) is 48.7 Å². The zero-order valence-electron chi connectivity index (χ0n) is 25.7. The van der Waals surface area contributed by atoms with Crippen LogP contribution >= 0.6 is 11.6 Å². The lowest BCUT2D eigenvalue weighted by Gasteiger charge is -2.25. The van der Waals surface area contributed by atoms with E-state index < -0.39 is 11.8 Å². The third-order valence-corrected chi connectivity index (χ3v) is 8.69. The first-order valence-electron chi connectivity index (χ1n) is 15.6. The summed E-state index contributed by atoms with van der Waals surface area (Å²) in [7, 11) is 0. The normalized spacial score (nSPS) is 13.7. The van der Waals surface area contributed by atoms with Crippen LogP contribution in [0.15, 0.2) is 78.9 Å². The van der Waals surface area contributed by atoms with Crippen molar-refractivity contribution in [3.63, 3.8) is 0 Å². The van der Waals surface area contributed by atoms with E-state index in [0.29, 0.717) is 38.8 Å². The summed E-state index contributed by atoms with van der Waals surface area (Å²) in [6, 6.07) is 22.5. The van der Waals surface area contributed by atoms with E-state index >= 15 is 4.39 Å². The van der Waals surface area contributed by atoms with Gasteiger partial charge in [-0.1, -0.05) is 55.1 Å². The molecule has 2 N–H and O–H groups in total. The van der Waals surface area contributed by atoms with E-state index in [1.807, 2.05) is 38.1 Å². The molecule has 0 spiro atoms. The molecule has 1 aliphatic carbocycles. The molecular weight excluding hydrogens is 605 g/mol. The number of halogens is 2. The number of ether oxygens (including phenoxy) is 1. The molecule has 1 aliphatic rings. The summed E-state index contributed by atoms with van der Waals surface area (Å²) in [4.78, 5) is 29.6. The molecule has 0 unspecified atom stereocenters. The highest BCUT2D eigenvalue weighted by atomic mass is 35.5. The number of nitrogens with one attached hydrogen (secondary N) is 1. The number of carboxylic acids is 1. The van der Waals surface area contributed by atoms with Crippen LogP contribution in [-0.2, 0) is 6.61 Å². The Kier molecular flexibility index (Phi) is 9.08. The average Bonchev–Trinajstić information content (AvgIpc) is 3.42. The van der Waals surface area contributed by atoms with E-state index in [1.165, 1.54) is 6.07 Å². The summed E-state index contributed by atoms with van der Waals surface area (Å²) in [5, 5.41) is 13.1. The van der Waals surface area contributed by atoms with Crippen LogP contribution in [0.3, 0.4) is 0 Å². The number of nitrogens with zero attached hydrogens (tertiary/aromatic N) is 2. The molecule has 0 radical (unpaired) electrons. The summed E-state index contributed by atoms with van der Waals surface area (Å²) in [5.74, 6) is -0.999. The van der Waals surface area contributed by atoms with Crippen LogP contribution in [-0.4, -0.2) is 32.6 Å². The molecule has 1 aromatic heterocycles. The quantitative estimate of drug-likeness (QED) is 0.168. The molecule has 0 aliphatic heterocycles. The number of carboxylic acid groups (broad SMARTS) is 1. The highest BCUT2D eigenvalue weighted by molar-refractivity contribution is 6.30. The minimum atomic E-state index is -1.04. The van der Waals surface area contributed by atoms with Crippen LogP contribution < -0.4 is 10.1 Å². The third kappa shape index (κ3) is 6.49. The van der Waals surface area contributed by atoms with Crippen LogP contribution in [0, 0.1) is 5.82 Å². The van der Waals surface area contributed by atoms with Crippen LogP contribution in [0.1, 0.15) is 78.3 Å². The van der Waals surface area contributed by atoms with Gasteiger partial charge in [0.2, 0.25) is 0 Å². The third-order valence-electron chi connectivity index (χ3n) is 8.44. The summed E-state index contributed by atoms with van der Waals surface area (Å²) in [5.41, 5.74) is 4.58. The first-order chi connectivity index (χ1) is 22.2. The van der Waals surface area contributed by atoms with Gasteiger partial charge < -0.3 is 19.7 Å². The van der Waals surface area contributed by atoms with Crippen molar-refractivity contribution in [3.8, 4) is 28.3 Å². The van der Waals surface area contributed by atoms with E-state index in [9.17, 15) is 14.7 Å². The zero-order chi connectivity index (χ0) is 32.4. The number of rotatable bonds is 9. The summed E-state index contributed by atoms with van der Waals surface area (Å²) in [6.45, 7) is 3.82. The van der Waals surface area contributed by atoms with Crippen LogP contribution in [0.5, 0.6) is 5.75 Å². The number of carbonyl (C=O) groups is 2. The fraction of sp³-hybridized carbons (Fsp3) is 0.270. The number of benzene rings is 4. The Balaban J connectivity index is 1.35. The predicted molar refractivity (Wildman–Crippen MR) is 178 cm³/mol. The van der Waals surface area contributed by atoms with Gasteiger partial charge in [-0.15, -0.1) is 0 Å². The molecule has 0 saturated heterocycles. The van der Waals surface area contributed by atoms with E-state index in [2.05, 4.69) is 9.88 Å². The van der Waals surface area contributed by atoms with Gasteiger partial charge in [0.15, 0.2) is 0 Å². The molecule has 9 heteroatoms. The maximum atomic E-state index is 16.0. The lowest BCUT2D eigenvalue weighted by molar-refractivity contribution is 0.0696. The largest absolute Gasteiger partial charge is 0.489 e. The van der Waals surface area contributed by atoms with Gasteiger partial charge in [0.1, 0.15) is 24.0 Å². The summed E-state index contributed by atoms with van der Waals surface area (Å²) >= 11 is 6.13. The molecule has 0 atom stereocenters. The predicted octanol–water partition coefficient (Wildman–Crippen LogP) is 9.08. The fourth-order valence-corrected chi connectivity index (χ4v) is 6.37. The number of hydrogen-bond acceptors (Lipinski definition) is 4. The van der Waals surface area contributed by atoms with Gasteiger partial charge >= 0.3 is 5.97 Å². The molecule has 1 heterocycles. The molecule has 7 nitrogen and oxygen atoms in total. The van der Waals surface area contributed by atoms with Gasteiger partial charge in [0, 0.05) is 34.3 Å². The van der Waals surface area contributed by atoms with Gasteiger partial charge in [-0.3, -0.25) is 4.79 Å². The minimum absolute atomic E-state index is 0.0248. The molecule has 6 rings (SSSR count). The summed E-state index contributed by atoms with van der Waals surface area (Å²) < 4.78 is 24.2. The molecule has 46 heavy (non-hydrogen) atoms. The fourth-order valence-electron chi connectivity index (χ4n) is 6.25. The van der Waals surface area contributed by atoms with Crippen molar-refractivity contribution in [2.24, 2.45) is 0 Å². The molecule has 0 bridgehead atoms. The number of carbonyl (C=O) groups excluding carboxylic acids is 1. The number of fused-ring (bicyclic) bond motifs is 1. The average molecular weight is 640 g/mol. The summed E-state index contributed by atoms with van der Waals surface area (Å²) in [6.07, 6.45) is 5.19. The van der Waals surface area contributed by atoms with Crippen molar-refractivity contribution < 1.29 is 23.8 Å². The topological polar surface area (TPSA) is 93.4 Å². The smallest absolute Gasteiger partial charge is 0.335 e. The van der Waals surface area contributed by atoms with Gasteiger partial charge in [0.25, 0.3) is 5.91 Å². The monoisotopic (exact) mass is 639 g/mol. The highest BCUT2D eigenvalue weighted by Crippen LogP contribution is 2.38. The van der Waals surface area contributed by atoms with Gasteiger partial charge in [-0.2, -0.15) is 0 Å². The second-order valence-corrected chi connectivity index (χ2v) is 12.4. The lowest BCUT2D eigenvalue weighted by atomic mass is 9.94. The first kappa shape index (κ1) is 31.3. The van der Waals surface area contributed by atoms with Crippen molar-refractivity contribution in [1.82, 2.24) is 14.9 Å². The van der Waals surface area contributed by atoms with Gasteiger partial charge in [-0.25, -0.2) is 14.2 Å². The standard InChI is InChI=1S/C37H35ClFN3O4/c1-22(2)40-36(43)29-10-6-9-28(23-11-14-25(38)15-12-23)31(29)21-46-27-16-17-30(32(39)20-27)35-41-33-19-24(37(44)45)13-18-34(33)42(35)26-7-4-3-5-8-26/h6,9-20,22,26H,3-5,7-8,21H2,1-2H3,(H,40,43)(H,44,45). The van der Waals surface area contributed by atoms with Crippen LogP contribution in [0.25, 0.3) is 33.5 Å². The minimum Gasteiger partial charge on any atom is -0.489 e. The number of amides is 1. The van der Waals surface area contributed by atoms with Crippen molar-refractivity contribution in [2.45, 2.75) is 64.6 Å². The molecule has 1 saturated carbocycles. The second-order valence-electron chi connectivity index (χ2n) is 12.0. The Morgan fingerprint density at radius 3 is 2.46 bits per heavy atom. The van der Waals surface area contributed by atoms with Crippen molar-refractivity contribution >= 4 is 34.5 Å². The Bertz CT molecular complexity index is 1910. The van der Waals surface area contributed by atoms with Crippen molar-refractivity contribution in [1.29, 1.82) is 0 Å². The lowest BCUT2D eigenvalue weighted by Crippen LogP contribution is -2.31. The Morgan fingerprint density at radius 2 is 1.76 bits per heavy atom. The SMILES string of the molecule is CC(C)NC(=O)c1cccc(-c2ccc(Cl)cc2)c1COc1ccc(-c2nc3cc(C(=O)O)ccc3n2C2CCCCC2)c(F)c1. The van der Waals surface area contributed by atoms with Gasteiger partial charge in [-0.05, 0) is 86.3 Å². The maximum absolute atomic E-state index is 16.0. The molecule has 5 aromatic rings. The molecular formula is C37H35ClFN3O4. The van der Waals surface area contributed by atoms with Crippen molar-refractivity contribution in [2.75, 3.05) is 0 Å². The van der Waals surface area contributed by atoms with E-state index in [-0.39, 0.29) is 30.2 Å². The molecule has 1 fully saturated rings. The molecule has 236 valence electrons. The Labute approximate surface area is 272 Å². The van der Waals surface area contributed by atoms with Crippen LogP contribution in [0.2, 0.25) is 5.02 Å². The second kappa shape index (κ2) is 13.3. The Morgan fingerprint density at radius 1 is 1.00 bits per heavy atom. The highest BCUT2D eigenvalue weighted by Gasteiger charge is 2.25. The van der Waals surface area contributed by atoms with E-state index in [4.69, 9.17) is 21.3 Å². The molecule has 4 aromatic carbocycles. The van der Waals surface area contributed by atoms with Crippen LogP contribution in [0.4, 0.5) is 4.39 Å². The zero-order valence-corrected chi connectivity index (χ0v) is 26.5. The number of aromatic carboxylic acids is 1. The first-order valence-corrected chi connectivity index (χ1v) is 15.9. The number of aromatic nitrogens is 2. The van der Waals surface area contributed by atoms with Crippen molar-refractivity contribution in [3.05, 3.63) is 106 Å². The number of hydrogen-bond donors (Lipinski definition) is 2. The maximum Gasteiger partial charge on any atom is 0.335 e. The molecule has 1 amide bonds. The Hall–Kier alpha value is -4.69.